The summed E-state index contributed by atoms with van der Waals surface area (Å²) in [5, 5.41) is 3.07. The van der Waals surface area contributed by atoms with E-state index < -0.39 is 24.0 Å². The van der Waals surface area contributed by atoms with Crippen LogP contribution in [0, 0.1) is 5.82 Å². The molecule has 1 aromatic carbocycles. The summed E-state index contributed by atoms with van der Waals surface area (Å²) < 4.78 is 49.9. The predicted molar refractivity (Wildman–Crippen MR) is 75.1 cm³/mol. The standard InChI is InChI=1S/C13H17BrF4N2/c1-12(8-19,5-2-6-13(16,17)18)20-9-3-4-11(15)10(14)7-9/h3-4,7,20H,2,5-6,8,19H2,1H3. The molecule has 0 aliphatic rings. The maximum Gasteiger partial charge on any atom is 0.389 e. The van der Waals surface area contributed by atoms with Crippen LogP contribution in [0.2, 0.25) is 0 Å². The van der Waals surface area contributed by atoms with E-state index in [-0.39, 0.29) is 23.9 Å². The summed E-state index contributed by atoms with van der Waals surface area (Å²) in [6.45, 7) is 1.93. The lowest BCUT2D eigenvalue weighted by molar-refractivity contribution is -0.136. The van der Waals surface area contributed by atoms with Crippen LogP contribution in [0.4, 0.5) is 23.2 Å². The van der Waals surface area contributed by atoms with Crippen LogP contribution >= 0.6 is 15.9 Å². The fourth-order valence-corrected chi connectivity index (χ4v) is 2.20. The van der Waals surface area contributed by atoms with Crippen LogP contribution in [-0.2, 0) is 0 Å². The number of benzene rings is 1. The van der Waals surface area contributed by atoms with Gasteiger partial charge in [-0.1, -0.05) is 0 Å². The number of nitrogens with one attached hydrogen (secondary N) is 1. The average molecular weight is 357 g/mol. The van der Waals surface area contributed by atoms with E-state index in [9.17, 15) is 17.6 Å². The Hall–Kier alpha value is -0.820. The lowest BCUT2D eigenvalue weighted by atomic mass is 9.94. The highest BCUT2D eigenvalue weighted by molar-refractivity contribution is 9.10. The predicted octanol–water partition coefficient (Wildman–Crippen LogP) is 4.45. The topological polar surface area (TPSA) is 38.0 Å². The van der Waals surface area contributed by atoms with Crippen LogP contribution in [0.5, 0.6) is 0 Å². The summed E-state index contributed by atoms with van der Waals surface area (Å²) in [6.07, 6.45) is -4.73. The van der Waals surface area contributed by atoms with Crippen molar-refractivity contribution in [3.8, 4) is 0 Å². The first kappa shape index (κ1) is 17.2. The van der Waals surface area contributed by atoms with Crippen molar-refractivity contribution in [2.24, 2.45) is 5.73 Å². The molecule has 0 fully saturated rings. The fourth-order valence-electron chi connectivity index (χ4n) is 1.82. The van der Waals surface area contributed by atoms with Gasteiger partial charge in [-0.05, 0) is 53.9 Å². The van der Waals surface area contributed by atoms with E-state index in [2.05, 4.69) is 21.2 Å². The van der Waals surface area contributed by atoms with Crippen molar-refractivity contribution < 1.29 is 17.6 Å². The monoisotopic (exact) mass is 356 g/mol. The van der Waals surface area contributed by atoms with Crippen LogP contribution in [-0.4, -0.2) is 18.3 Å². The molecule has 7 heteroatoms. The third kappa shape index (κ3) is 5.66. The number of rotatable bonds is 6. The molecule has 0 amide bonds. The number of anilines is 1. The summed E-state index contributed by atoms with van der Waals surface area (Å²) >= 11 is 3.06. The van der Waals surface area contributed by atoms with Crippen LogP contribution in [0.3, 0.4) is 0 Å². The molecule has 3 N–H and O–H groups in total. The maximum atomic E-state index is 13.1. The third-order valence-electron chi connectivity index (χ3n) is 3.01. The molecule has 0 heterocycles. The zero-order chi connectivity index (χ0) is 15.4. The van der Waals surface area contributed by atoms with Crippen molar-refractivity contribution in [2.75, 3.05) is 11.9 Å². The Labute approximate surface area is 123 Å². The van der Waals surface area contributed by atoms with Gasteiger partial charge in [0.25, 0.3) is 0 Å². The van der Waals surface area contributed by atoms with Gasteiger partial charge in [0.15, 0.2) is 0 Å². The summed E-state index contributed by atoms with van der Waals surface area (Å²) in [6, 6.07) is 4.34. The zero-order valence-corrected chi connectivity index (χ0v) is 12.6. The molecule has 1 rings (SSSR count). The number of halogens is 5. The molecule has 1 aromatic rings. The van der Waals surface area contributed by atoms with Crippen molar-refractivity contribution >= 4 is 21.6 Å². The summed E-state index contributed by atoms with van der Waals surface area (Å²) in [5.41, 5.74) is 5.59. The van der Waals surface area contributed by atoms with Crippen LogP contribution in [0.15, 0.2) is 22.7 Å². The van der Waals surface area contributed by atoms with E-state index in [0.29, 0.717) is 5.69 Å². The van der Waals surface area contributed by atoms with Gasteiger partial charge >= 0.3 is 6.18 Å². The molecule has 0 aliphatic heterocycles. The fraction of sp³-hybridized carbons (Fsp3) is 0.538. The highest BCUT2D eigenvalue weighted by Gasteiger charge is 2.29. The van der Waals surface area contributed by atoms with Crippen molar-refractivity contribution in [3.63, 3.8) is 0 Å². The van der Waals surface area contributed by atoms with Gasteiger partial charge in [0.2, 0.25) is 0 Å². The van der Waals surface area contributed by atoms with Gasteiger partial charge in [-0.3, -0.25) is 0 Å². The average Bonchev–Trinajstić information content (AvgIpc) is 2.32. The molecule has 1 atom stereocenters. The molecule has 2 nitrogen and oxygen atoms in total. The van der Waals surface area contributed by atoms with Gasteiger partial charge in [0, 0.05) is 24.2 Å². The number of hydrogen-bond acceptors (Lipinski definition) is 2. The van der Waals surface area contributed by atoms with Gasteiger partial charge in [-0.2, -0.15) is 13.2 Å². The van der Waals surface area contributed by atoms with Crippen molar-refractivity contribution in [2.45, 2.75) is 37.9 Å². The molecule has 0 aliphatic carbocycles. The molecular formula is C13H17BrF4N2. The van der Waals surface area contributed by atoms with Gasteiger partial charge in [0.1, 0.15) is 5.82 Å². The highest BCUT2D eigenvalue weighted by Crippen LogP contribution is 2.28. The summed E-state index contributed by atoms with van der Waals surface area (Å²) in [5.74, 6) is -0.401. The molecule has 0 saturated heterocycles. The molecule has 0 spiro atoms. The second-order valence-corrected chi connectivity index (χ2v) is 5.84. The Balaban J connectivity index is 2.66. The van der Waals surface area contributed by atoms with Crippen LogP contribution in [0.25, 0.3) is 0 Å². The molecule has 0 bridgehead atoms. The first-order valence-electron chi connectivity index (χ1n) is 6.15. The van der Waals surface area contributed by atoms with E-state index in [1.54, 1.807) is 6.92 Å². The third-order valence-corrected chi connectivity index (χ3v) is 3.61. The highest BCUT2D eigenvalue weighted by atomic mass is 79.9. The minimum Gasteiger partial charge on any atom is -0.379 e. The van der Waals surface area contributed by atoms with E-state index in [1.807, 2.05) is 0 Å². The number of alkyl halides is 3. The normalized spacial score (nSPS) is 14.9. The quantitative estimate of drug-likeness (QED) is 0.739. The Bertz CT molecular complexity index is 450. The Kier molecular flexibility index (Phi) is 5.82. The smallest absolute Gasteiger partial charge is 0.379 e. The van der Waals surface area contributed by atoms with Gasteiger partial charge in [0.05, 0.1) is 4.47 Å². The summed E-state index contributed by atoms with van der Waals surface area (Å²) in [4.78, 5) is 0. The van der Waals surface area contributed by atoms with E-state index >= 15 is 0 Å². The SMILES string of the molecule is CC(CN)(CCCC(F)(F)F)Nc1ccc(F)c(Br)c1. The summed E-state index contributed by atoms with van der Waals surface area (Å²) in [7, 11) is 0. The maximum absolute atomic E-state index is 13.1. The zero-order valence-electron chi connectivity index (χ0n) is 11.0. The minimum absolute atomic E-state index is 0.00738. The Morgan fingerprint density at radius 3 is 2.40 bits per heavy atom. The van der Waals surface area contributed by atoms with Crippen LogP contribution in [0.1, 0.15) is 26.2 Å². The molecule has 114 valence electrons. The largest absolute Gasteiger partial charge is 0.389 e. The molecule has 0 saturated carbocycles. The van der Waals surface area contributed by atoms with Crippen LogP contribution < -0.4 is 11.1 Å². The molecule has 0 aromatic heterocycles. The first-order chi connectivity index (χ1) is 9.15. The van der Waals surface area contributed by atoms with Gasteiger partial charge < -0.3 is 11.1 Å². The molecule has 0 radical (unpaired) electrons. The van der Waals surface area contributed by atoms with Gasteiger partial charge in [-0.25, -0.2) is 4.39 Å². The van der Waals surface area contributed by atoms with Gasteiger partial charge in [-0.15, -0.1) is 0 Å². The lowest BCUT2D eigenvalue weighted by Gasteiger charge is -2.31. The van der Waals surface area contributed by atoms with Crippen molar-refractivity contribution in [1.29, 1.82) is 0 Å². The minimum atomic E-state index is -4.16. The number of hydrogen-bond donors (Lipinski definition) is 2. The lowest BCUT2D eigenvalue weighted by Crippen LogP contribution is -2.42. The Morgan fingerprint density at radius 1 is 1.25 bits per heavy atom. The van der Waals surface area contributed by atoms with Crippen molar-refractivity contribution in [1.82, 2.24) is 0 Å². The first-order valence-corrected chi connectivity index (χ1v) is 6.94. The number of nitrogens with two attached hydrogens (primary N) is 1. The second kappa shape index (κ2) is 6.76. The Morgan fingerprint density at radius 2 is 1.90 bits per heavy atom. The van der Waals surface area contributed by atoms with E-state index in [0.717, 1.165) is 0 Å². The van der Waals surface area contributed by atoms with E-state index in [1.165, 1.54) is 18.2 Å². The second-order valence-electron chi connectivity index (χ2n) is 4.99. The molecule has 20 heavy (non-hydrogen) atoms. The molecule has 1 unspecified atom stereocenters. The van der Waals surface area contributed by atoms with Crippen molar-refractivity contribution in [3.05, 3.63) is 28.5 Å². The molecular weight excluding hydrogens is 340 g/mol. The van der Waals surface area contributed by atoms with E-state index in [4.69, 9.17) is 5.73 Å².